The highest BCUT2D eigenvalue weighted by molar-refractivity contribution is 5.90. The Morgan fingerprint density at radius 1 is 1.20 bits per heavy atom. The standard InChI is InChI=1S/C21H23N3O6/c22-20(27)19-16-7-6-15(29-12-14(26)10-25)8-17(16)18-9-23(19)21(28)24(18)30-11-13-4-2-1-3-5-13/h1-8,14,18-19,25-26H,9-12H2,(H2,22,27)/t14?,18-,19-/m1/s1. The van der Waals surface area contributed by atoms with Crippen LogP contribution in [0.1, 0.15) is 28.8 Å². The van der Waals surface area contributed by atoms with E-state index in [-0.39, 0.29) is 19.8 Å². The Balaban J connectivity index is 1.62. The van der Waals surface area contributed by atoms with Crippen LogP contribution in [-0.2, 0) is 16.2 Å². The van der Waals surface area contributed by atoms with Gasteiger partial charge in [-0.3, -0.25) is 9.63 Å². The fourth-order valence-electron chi connectivity index (χ4n) is 3.80. The van der Waals surface area contributed by atoms with Gasteiger partial charge in [-0.25, -0.2) is 4.79 Å². The van der Waals surface area contributed by atoms with Gasteiger partial charge in [0, 0.05) is 0 Å². The van der Waals surface area contributed by atoms with E-state index >= 15 is 0 Å². The largest absolute Gasteiger partial charge is 0.491 e. The first-order valence-electron chi connectivity index (χ1n) is 9.61. The average Bonchev–Trinajstić information content (AvgIpc) is 3.03. The van der Waals surface area contributed by atoms with E-state index in [0.717, 1.165) is 5.56 Å². The fourth-order valence-corrected chi connectivity index (χ4v) is 3.80. The number of rotatable bonds is 8. The van der Waals surface area contributed by atoms with Crippen LogP contribution in [0.5, 0.6) is 5.75 Å². The number of hydrogen-bond acceptors (Lipinski definition) is 6. The Kier molecular flexibility index (Phi) is 5.58. The Labute approximate surface area is 173 Å². The van der Waals surface area contributed by atoms with Crippen molar-refractivity contribution in [1.82, 2.24) is 9.96 Å². The summed E-state index contributed by atoms with van der Waals surface area (Å²) < 4.78 is 5.53. The number of carbonyl (C=O) groups is 2. The van der Waals surface area contributed by atoms with E-state index in [1.807, 2.05) is 30.3 Å². The third-order valence-corrected chi connectivity index (χ3v) is 5.25. The van der Waals surface area contributed by atoms with E-state index in [1.54, 1.807) is 18.2 Å². The monoisotopic (exact) mass is 413 g/mol. The summed E-state index contributed by atoms with van der Waals surface area (Å²) in [6, 6.07) is 12.8. The number of aliphatic hydroxyl groups is 2. The van der Waals surface area contributed by atoms with E-state index in [9.17, 15) is 14.7 Å². The van der Waals surface area contributed by atoms with Crippen LogP contribution in [0, 0.1) is 0 Å². The smallest absolute Gasteiger partial charge is 0.345 e. The molecule has 158 valence electrons. The molecule has 2 aromatic rings. The SMILES string of the molecule is NC(=O)[C@H]1c2ccc(OCC(O)CO)cc2[C@H]2CN1C(=O)N2OCc1ccccc1. The van der Waals surface area contributed by atoms with Crippen molar-refractivity contribution in [2.75, 3.05) is 19.8 Å². The van der Waals surface area contributed by atoms with Gasteiger partial charge in [-0.05, 0) is 28.8 Å². The zero-order valence-corrected chi connectivity index (χ0v) is 16.2. The zero-order chi connectivity index (χ0) is 21.3. The second-order valence-electron chi connectivity index (χ2n) is 7.28. The van der Waals surface area contributed by atoms with Crippen LogP contribution in [0.2, 0.25) is 0 Å². The minimum absolute atomic E-state index is 0.0848. The summed E-state index contributed by atoms with van der Waals surface area (Å²) in [6.45, 7) is -0.0380. The van der Waals surface area contributed by atoms with Crippen LogP contribution in [0.3, 0.4) is 0 Å². The third kappa shape index (κ3) is 3.70. The molecule has 0 aromatic heterocycles. The maximum Gasteiger partial charge on any atom is 0.345 e. The van der Waals surface area contributed by atoms with E-state index in [1.165, 1.54) is 9.96 Å². The maximum atomic E-state index is 13.0. The molecule has 9 heteroatoms. The first kappa shape index (κ1) is 20.1. The van der Waals surface area contributed by atoms with Crippen molar-refractivity contribution in [1.29, 1.82) is 0 Å². The summed E-state index contributed by atoms with van der Waals surface area (Å²) in [5.41, 5.74) is 7.83. The highest BCUT2D eigenvalue weighted by Crippen LogP contribution is 2.45. The van der Waals surface area contributed by atoms with Crippen LogP contribution in [0.15, 0.2) is 48.5 Å². The van der Waals surface area contributed by atoms with Gasteiger partial charge in [0.2, 0.25) is 5.91 Å². The molecule has 1 unspecified atom stereocenters. The van der Waals surface area contributed by atoms with Gasteiger partial charge in [0.1, 0.15) is 37.2 Å². The van der Waals surface area contributed by atoms with E-state index < -0.39 is 36.7 Å². The number of fused-ring (bicyclic) bond motifs is 4. The van der Waals surface area contributed by atoms with Crippen LogP contribution in [-0.4, -0.2) is 58.0 Å². The molecule has 4 N–H and O–H groups in total. The molecule has 0 radical (unpaired) electrons. The van der Waals surface area contributed by atoms with Gasteiger partial charge in [0.05, 0.1) is 13.2 Å². The van der Waals surface area contributed by atoms with Crippen LogP contribution < -0.4 is 10.5 Å². The number of hydroxylamine groups is 2. The molecule has 2 aliphatic rings. The lowest BCUT2D eigenvalue weighted by molar-refractivity contribution is -0.141. The van der Waals surface area contributed by atoms with Crippen LogP contribution in [0.25, 0.3) is 0 Å². The second kappa shape index (κ2) is 8.31. The predicted molar refractivity (Wildman–Crippen MR) is 105 cm³/mol. The quantitative estimate of drug-likeness (QED) is 0.590. The summed E-state index contributed by atoms with van der Waals surface area (Å²) in [6.07, 6.45) is -1.01. The molecule has 3 amide bonds. The number of nitrogens with two attached hydrogens (primary N) is 1. The van der Waals surface area contributed by atoms with Gasteiger partial charge in [0.25, 0.3) is 0 Å². The second-order valence-corrected chi connectivity index (χ2v) is 7.28. The minimum Gasteiger partial charge on any atom is -0.491 e. The highest BCUT2D eigenvalue weighted by Gasteiger charge is 2.50. The number of amides is 3. The van der Waals surface area contributed by atoms with Crippen molar-refractivity contribution in [2.24, 2.45) is 5.73 Å². The predicted octanol–water partition coefficient (Wildman–Crippen LogP) is 0.869. The maximum absolute atomic E-state index is 13.0. The molecule has 0 saturated carbocycles. The Bertz CT molecular complexity index is 938. The van der Waals surface area contributed by atoms with E-state index in [4.69, 9.17) is 20.4 Å². The zero-order valence-electron chi connectivity index (χ0n) is 16.2. The molecular weight excluding hydrogens is 390 g/mol. The molecule has 30 heavy (non-hydrogen) atoms. The number of nitrogens with zero attached hydrogens (tertiary/aromatic N) is 2. The number of benzene rings is 2. The number of primary amides is 1. The van der Waals surface area contributed by atoms with Crippen molar-refractivity contribution >= 4 is 11.9 Å². The first-order chi connectivity index (χ1) is 14.5. The molecule has 4 rings (SSSR count). The van der Waals surface area contributed by atoms with Crippen molar-refractivity contribution in [3.05, 3.63) is 65.2 Å². The van der Waals surface area contributed by atoms with Gasteiger partial charge in [-0.15, -0.1) is 0 Å². The molecule has 2 heterocycles. The Hall–Kier alpha value is -3.14. The van der Waals surface area contributed by atoms with Gasteiger partial charge in [0.15, 0.2) is 0 Å². The van der Waals surface area contributed by atoms with Crippen molar-refractivity contribution in [3.63, 3.8) is 0 Å². The summed E-state index contributed by atoms with van der Waals surface area (Å²) in [7, 11) is 0. The minimum atomic E-state index is -1.01. The van der Waals surface area contributed by atoms with E-state index in [2.05, 4.69) is 0 Å². The van der Waals surface area contributed by atoms with Crippen molar-refractivity contribution < 1.29 is 29.4 Å². The summed E-state index contributed by atoms with van der Waals surface area (Å²) in [4.78, 5) is 32.4. The molecule has 1 saturated heterocycles. The van der Waals surface area contributed by atoms with Crippen LogP contribution in [0.4, 0.5) is 4.79 Å². The normalized spacial score (nSPS) is 20.8. The van der Waals surface area contributed by atoms with Gasteiger partial charge < -0.3 is 25.6 Å². The lowest BCUT2D eigenvalue weighted by Crippen LogP contribution is -2.41. The van der Waals surface area contributed by atoms with Gasteiger partial charge in [-0.2, -0.15) is 5.06 Å². The van der Waals surface area contributed by atoms with Crippen LogP contribution >= 0.6 is 0 Å². The lowest BCUT2D eigenvalue weighted by Gasteiger charge is -2.31. The summed E-state index contributed by atoms with van der Waals surface area (Å²) >= 11 is 0. The molecule has 0 spiro atoms. The highest BCUT2D eigenvalue weighted by atomic mass is 16.7. The molecule has 0 aliphatic carbocycles. The molecular formula is C21H23N3O6. The molecule has 2 bridgehead atoms. The Morgan fingerprint density at radius 2 is 1.97 bits per heavy atom. The van der Waals surface area contributed by atoms with E-state index in [0.29, 0.717) is 16.9 Å². The average molecular weight is 413 g/mol. The molecule has 2 aliphatic heterocycles. The molecule has 3 atom stereocenters. The first-order valence-corrected chi connectivity index (χ1v) is 9.61. The molecule has 1 fully saturated rings. The number of ether oxygens (including phenoxy) is 1. The molecule has 9 nitrogen and oxygen atoms in total. The number of hydrogen-bond donors (Lipinski definition) is 3. The third-order valence-electron chi connectivity index (χ3n) is 5.25. The number of urea groups is 1. The number of carbonyl (C=O) groups excluding carboxylic acids is 2. The van der Waals surface area contributed by atoms with Gasteiger partial charge >= 0.3 is 6.03 Å². The topological polar surface area (TPSA) is 126 Å². The van der Waals surface area contributed by atoms with Crippen molar-refractivity contribution in [3.8, 4) is 5.75 Å². The molecule has 2 aromatic carbocycles. The van der Waals surface area contributed by atoms with Gasteiger partial charge in [-0.1, -0.05) is 36.4 Å². The fraction of sp³-hybridized carbons (Fsp3) is 0.333. The summed E-state index contributed by atoms with van der Waals surface area (Å²) in [5, 5.41) is 19.8. The lowest BCUT2D eigenvalue weighted by atomic mass is 9.90. The van der Waals surface area contributed by atoms with Crippen molar-refractivity contribution in [2.45, 2.75) is 24.8 Å². The number of aliphatic hydroxyl groups excluding tert-OH is 2. The summed E-state index contributed by atoms with van der Waals surface area (Å²) in [5.74, 6) is -0.183. The Morgan fingerprint density at radius 3 is 2.67 bits per heavy atom.